The zero-order chi connectivity index (χ0) is 19.8. The minimum absolute atomic E-state index is 0.116. The van der Waals surface area contributed by atoms with Crippen molar-refractivity contribution in [2.24, 2.45) is 7.05 Å². The number of aromatic nitrogens is 1. The highest BCUT2D eigenvalue weighted by molar-refractivity contribution is 5.76. The fourth-order valence-electron chi connectivity index (χ4n) is 4.00. The van der Waals surface area contributed by atoms with Crippen LogP contribution < -0.4 is 10.1 Å². The molecule has 2 aromatic rings. The minimum atomic E-state index is 0.116. The van der Waals surface area contributed by atoms with Gasteiger partial charge in [0.2, 0.25) is 5.91 Å². The van der Waals surface area contributed by atoms with Crippen LogP contribution in [0.1, 0.15) is 49.4 Å². The van der Waals surface area contributed by atoms with Gasteiger partial charge in [0, 0.05) is 31.9 Å². The number of hydrogen-bond donors (Lipinski definition) is 1. The second kappa shape index (κ2) is 10.3. The van der Waals surface area contributed by atoms with Crippen LogP contribution in [-0.4, -0.2) is 42.1 Å². The van der Waals surface area contributed by atoms with Crippen molar-refractivity contribution in [3.63, 3.8) is 0 Å². The molecule has 1 unspecified atom stereocenters. The summed E-state index contributed by atoms with van der Waals surface area (Å²) in [6.45, 7) is 2.88. The molecule has 1 fully saturated rings. The number of ether oxygens (including phenoxy) is 1. The molecular weight excluding hydrogens is 350 g/mol. The van der Waals surface area contributed by atoms with Crippen molar-refractivity contribution in [2.45, 2.75) is 44.6 Å². The normalized spacial score (nSPS) is 16.4. The van der Waals surface area contributed by atoms with Gasteiger partial charge in [0.1, 0.15) is 5.75 Å². The quantitative estimate of drug-likeness (QED) is 0.756. The van der Waals surface area contributed by atoms with Gasteiger partial charge < -0.3 is 14.6 Å². The first kappa shape index (κ1) is 20.5. The molecular formula is C23H33N3O2. The highest BCUT2D eigenvalue weighted by atomic mass is 16.5. The SMILES string of the molecule is COc1ccc(CCC(=O)NCC(c2cccn2C)N2CCCCCC2)cc1. The van der Waals surface area contributed by atoms with E-state index in [-0.39, 0.29) is 11.9 Å². The molecule has 5 nitrogen and oxygen atoms in total. The van der Waals surface area contributed by atoms with Crippen molar-refractivity contribution in [1.82, 2.24) is 14.8 Å². The third-order valence-electron chi connectivity index (χ3n) is 5.70. The Morgan fingerprint density at radius 3 is 2.43 bits per heavy atom. The van der Waals surface area contributed by atoms with Crippen LogP contribution in [-0.2, 0) is 18.3 Å². The molecule has 1 aliphatic heterocycles. The van der Waals surface area contributed by atoms with Crippen LogP contribution >= 0.6 is 0 Å². The fourth-order valence-corrected chi connectivity index (χ4v) is 4.00. The number of aryl methyl sites for hydroxylation is 2. The molecule has 1 aromatic carbocycles. The second-order valence-electron chi connectivity index (χ2n) is 7.66. The fraction of sp³-hybridized carbons (Fsp3) is 0.522. The first-order valence-electron chi connectivity index (χ1n) is 10.4. The molecule has 0 aliphatic carbocycles. The Balaban J connectivity index is 1.56. The van der Waals surface area contributed by atoms with Gasteiger partial charge in [-0.25, -0.2) is 0 Å². The van der Waals surface area contributed by atoms with E-state index in [2.05, 4.69) is 40.2 Å². The predicted molar refractivity (Wildman–Crippen MR) is 113 cm³/mol. The molecule has 2 heterocycles. The lowest BCUT2D eigenvalue weighted by molar-refractivity contribution is -0.121. The zero-order valence-electron chi connectivity index (χ0n) is 17.2. The van der Waals surface area contributed by atoms with Crippen molar-refractivity contribution >= 4 is 5.91 Å². The van der Waals surface area contributed by atoms with Crippen LogP contribution in [0.3, 0.4) is 0 Å². The molecule has 0 spiro atoms. The van der Waals surface area contributed by atoms with Crippen molar-refractivity contribution in [3.05, 3.63) is 53.9 Å². The van der Waals surface area contributed by atoms with Gasteiger partial charge in [-0.15, -0.1) is 0 Å². The first-order valence-corrected chi connectivity index (χ1v) is 10.4. The monoisotopic (exact) mass is 383 g/mol. The molecule has 5 heteroatoms. The first-order chi connectivity index (χ1) is 13.7. The molecule has 1 amide bonds. The van der Waals surface area contributed by atoms with Gasteiger partial charge in [-0.2, -0.15) is 0 Å². The Bertz CT molecular complexity index is 731. The molecule has 0 saturated carbocycles. The van der Waals surface area contributed by atoms with Crippen molar-refractivity contribution in [3.8, 4) is 5.75 Å². The van der Waals surface area contributed by atoms with Crippen LogP contribution in [0.15, 0.2) is 42.6 Å². The molecule has 0 bridgehead atoms. The van der Waals surface area contributed by atoms with Crippen LogP contribution in [0.4, 0.5) is 0 Å². The summed E-state index contributed by atoms with van der Waals surface area (Å²) in [4.78, 5) is 15.0. The summed E-state index contributed by atoms with van der Waals surface area (Å²) in [5.74, 6) is 0.959. The summed E-state index contributed by atoms with van der Waals surface area (Å²) in [7, 11) is 3.75. The van der Waals surface area contributed by atoms with Gasteiger partial charge in [0.05, 0.1) is 13.2 Å². The minimum Gasteiger partial charge on any atom is -0.497 e. The molecule has 1 saturated heterocycles. The maximum absolute atomic E-state index is 12.5. The lowest BCUT2D eigenvalue weighted by Gasteiger charge is -2.31. The average Bonchev–Trinajstić information content (AvgIpc) is 2.96. The van der Waals surface area contributed by atoms with Crippen LogP contribution in [0, 0.1) is 0 Å². The lowest BCUT2D eigenvalue weighted by Crippen LogP contribution is -2.39. The Kier molecular flexibility index (Phi) is 7.54. The van der Waals surface area contributed by atoms with Gasteiger partial charge in [-0.05, 0) is 62.2 Å². The average molecular weight is 384 g/mol. The summed E-state index contributed by atoms with van der Waals surface area (Å²) >= 11 is 0. The molecule has 28 heavy (non-hydrogen) atoms. The highest BCUT2D eigenvalue weighted by Crippen LogP contribution is 2.24. The van der Waals surface area contributed by atoms with Crippen molar-refractivity contribution < 1.29 is 9.53 Å². The van der Waals surface area contributed by atoms with Gasteiger partial charge in [0.25, 0.3) is 0 Å². The van der Waals surface area contributed by atoms with E-state index in [1.807, 2.05) is 24.3 Å². The highest BCUT2D eigenvalue weighted by Gasteiger charge is 2.23. The number of rotatable bonds is 8. The summed E-state index contributed by atoms with van der Waals surface area (Å²) in [5.41, 5.74) is 2.43. The van der Waals surface area contributed by atoms with E-state index in [0.717, 1.165) is 30.8 Å². The Morgan fingerprint density at radius 1 is 1.11 bits per heavy atom. The number of carbonyl (C=O) groups is 1. The lowest BCUT2D eigenvalue weighted by atomic mass is 10.1. The third-order valence-corrected chi connectivity index (χ3v) is 5.70. The van der Waals surface area contributed by atoms with Gasteiger partial charge in [0.15, 0.2) is 0 Å². The number of methoxy groups -OCH3 is 1. The number of nitrogens with zero attached hydrogens (tertiary/aromatic N) is 2. The molecule has 1 aromatic heterocycles. The number of hydrogen-bond acceptors (Lipinski definition) is 3. The van der Waals surface area contributed by atoms with E-state index in [1.165, 1.54) is 31.4 Å². The Hall–Kier alpha value is -2.27. The molecule has 1 aliphatic rings. The summed E-state index contributed by atoms with van der Waals surface area (Å²) in [5, 5.41) is 3.19. The van der Waals surface area contributed by atoms with E-state index in [0.29, 0.717) is 13.0 Å². The zero-order valence-corrected chi connectivity index (χ0v) is 17.2. The summed E-state index contributed by atoms with van der Waals surface area (Å²) in [6, 6.07) is 12.4. The maximum Gasteiger partial charge on any atom is 0.220 e. The van der Waals surface area contributed by atoms with Crippen LogP contribution in [0.25, 0.3) is 0 Å². The summed E-state index contributed by atoms with van der Waals surface area (Å²) < 4.78 is 7.36. The van der Waals surface area contributed by atoms with Gasteiger partial charge in [-0.1, -0.05) is 25.0 Å². The number of benzene rings is 1. The van der Waals surface area contributed by atoms with E-state index >= 15 is 0 Å². The topological polar surface area (TPSA) is 46.5 Å². The van der Waals surface area contributed by atoms with Gasteiger partial charge >= 0.3 is 0 Å². The van der Waals surface area contributed by atoms with E-state index < -0.39 is 0 Å². The molecule has 1 N–H and O–H groups in total. The van der Waals surface area contributed by atoms with E-state index in [9.17, 15) is 4.79 Å². The predicted octanol–water partition coefficient (Wildman–Crippen LogP) is 3.70. The maximum atomic E-state index is 12.5. The Labute approximate surface area is 168 Å². The number of likely N-dealkylation sites (tertiary alicyclic amines) is 1. The van der Waals surface area contributed by atoms with E-state index in [1.54, 1.807) is 7.11 Å². The van der Waals surface area contributed by atoms with Crippen molar-refractivity contribution in [1.29, 1.82) is 0 Å². The number of amides is 1. The van der Waals surface area contributed by atoms with Gasteiger partial charge in [-0.3, -0.25) is 9.69 Å². The second-order valence-corrected chi connectivity index (χ2v) is 7.66. The molecule has 0 radical (unpaired) electrons. The molecule has 3 rings (SSSR count). The van der Waals surface area contributed by atoms with Crippen molar-refractivity contribution in [2.75, 3.05) is 26.7 Å². The third kappa shape index (κ3) is 5.61. The van der Waals surface area contributed by atoms with E-state index in [4.69, 9.17) is 4.74 Å². The smallest absolute Gasteiger partial charge is 0.220 e. The van der Waals surface area contributed by atoms with Crippen LogP contribution in [0.2, 0.25) is 0 Å². The molecule has 1 atom stereocenters. The molecule has 152 valence electrons. The standard InChI is InChI=1S/C23H33N3O2/c1-25-15-7-8-21(25)22(26-16-5-3-4-6-17-26)18-24-23(27)14-11-19-9-12-20(28-2)13-10-19/h7-10,12-13,15,22H,3-6,11,14,16-18H2,1-2H3,(H,24,27). The number of carbonyl (C=O) groups excluding carboxylic acids is 1. The largest absolute Gasteiger partial charge is 0.497 e. The Morgan fingerprint density at radius 2 is 1.82 bits per heavy atom. The number of nitrogens with one attached hydrogen (secondary N) is 1. The summed E-state index contributed by atoms with van der Waals surface area (Å²) in [6.07, 6.45) is 8.44. The van der Waals surface area contributed by atoms with Crippen LogP contribution in [0.5, 0.6) is 5.75 Å².